The van der Waals surface area contributed by atoms with Crippen molar-refractivity contribution in [2.45, 2.75) is 32.0 Å². The van der Waals surface area contributed by atoms with Crippen molar-refractivity contribution >= 4 is 5.91 Å². The van der Waals surface area contributed by atoms with Crippen LogP contribution in [0.1, 0.15) is 34.3 Å². The number of β-amino-alcohol motifs (C(OH)–C–C–N with tert-alkyl or cyclic N) is 1. The highest BCUT2D eigenvalue weighted by Gasteiger charge is 2.23. The first-order valence-electron chi connectivity index (χ1n) is 8.90. The van der Waals surface area contributed by atoms with Crippen molar-refractivity contribution in [2.75, 3.05) is 20.1 Å². The fourth-order valence-electron chi connectivity index (χ4n) is 3.39. The third-order valence-corrected chi connectivity index (χ3v) is 4.61. The van der Waals surface area contributed by atoms with Crippen molar-refractivity contribution in [3.05, 3.63) is 71.3 Å². The standard InChI is InChI=1S/C21H26N2O2/c1-22(14-17-7-3-2-4-8-17)15-18-9-5-10-19(13-18)21(25)23-12-6-11-20(24)16-23/h2-5,7-10,13,20,24H,6,11-12,14-16H2,1H3. The van der Waals surface area contributed by atoms with E-state index in [-0.39, 0.29) is 5.91 Å². The van der Waals surface area contributed by atoms with Crippen LogP contribution in [0.3, 0.4) is 0 Å². The van der Waals surface area contributed by atoms with Gasteiger partial charge in [0.2, 0.25) is 0 Å². The van der Waals surface area contributed by atoms with Crippen molar-refractivity contribution in [3.63, 3.8) is 0 Å². The summed E-state index contributed by atoms with van der Waals surface area (Å²) in [6, 6.07) is 18.2. The van der Waals surface area contributed by atoms with Gasteiger partial charge >= 0.3 is 0 Å². The lowest BCUT2D eigenvalue weighted by Crippen LogP contribution is -2.42. The number of aliphatic hydroxyl groups is 1. The molecule has 2 aromatic rings. The van der Waals surface area contributed by atoms with Crippen molar-refractivity contribution in [3.8, 4) is 0 Å². The molecule has 3 rings (SSSR count). The number of amides is 1. The minimum absolute atomic E-state index is 0.0197. The summed E-state index contributed by atoms with van der Waals surface area (Å²) < 4.78 is 0. The number of nitrogens with zero attached hydrogens (tertiary/aromatic N) is 2. The van der Waals surface area contributed by atoms with Crippen LogP contribution in [0.15, 0.2) is 54.6 Å². The molecule has 0 spiro atoms. The lowest BCUT2D eigenvalue weighted by Gasteiger charge is -2.30. The van der Waals surface area contributed by atoms with E-state index in [1.807, 2.05) is 24.3 Å². The summed E-state index contributed by atoms with van der Waals surface area (Å²) in [7, 11) is 2.09. The van der Waals surface area contributed by atoms with Crippen LogP contribution in [-0.4, -0.2) is 47.1 Å². The highest BCUT2D eigenvalue weighted by atomic mass is 16.3. The maximum Gasteiger partial charge on any atom is 0.253 e. The van der Waals surface area contributed by atoms with Gasteiger partial charge in [0.15, 0.2) is 0 Å². The summed E-state index contributed by atoms with van der Waals surface area (Å²) in [6.07, 6.45) is 1.26. The maximum atomic E-state index is 12.7. The van der Waals surface area contributed by atoms with E-state index in [2.05, 4.69) is 42.3 Å². The first kappa shape index (κ1) is 17.6. The Morgan fingerprint density at radius 2 is 1.84 bits per heavy atom. The normalized spacial score (nSPS) is 17.7. The molecule has 0 radical (unpaired) electrons. The van der Waals surface area contributed by atoms with Gasteiger partial charge in [-0.1, -0.05) is 42.5 Å². The van der Waals surface area contributed by atoms with Crippen LogP contribution in [0, 0.1) is 0 Å². The van der Waals surface area contributed by atoms with Crippen LogP contribution >= 0.6 is 0 Å². The molecule has 25 heavy (non-hydrogen) atoms. The fraction of sp³-hybridized carbons (Fsp3) is 0.381. The summed E-state index contributed by atoms with van der Waals surface area (Å²) in [4.78, 5) is 16.7. The second-order valence-corrected chi connectivity index (χ2v) is 6.91. The lowest BCUT2D eigenvalue weighted by atomic mass is 10.1. The van der Waals surface area contributed by atoms with Crippen LogP contribution < -0.4 is 0 Å². The zero-order valence-corrected chi connectivity index (χ0v) is 14.8. The number of hydrogen-bond donors (Lipinski definition) is 1. The van der Waals surface area contributed by atoms with Gasteiger partial charge in [0, 0.05) is 31.7 Å². The van der Waals surface area contributed by atoms with Gasteiger partial charge in [-0.3, -0.25) is 9.69 Å². The topological polar surface area (TPSA) is 43.8 Å². The van der Waals surface area contributed by atoms with Crippen molar-refractivity contribution in [1.82, 2.24) is 9.80 Å². The van der Waals surface area contributed by atoms with Crippen LogP contribution in [0.25, 0.3) is 0 Å². The zero-order chi connectivity index (χ0) is 17.6. The van der Waals surface area contributed by atoms with Crippen molar-refractivity contribution < 1.29 is 9.90 Å². The maximum absolute atomic E-state index is 12.7. The van der Waals surface area contributed by atoms with Crippen LogP contribution in [0.5, 0.6) is 0 Å². The molecular weight excluding hydrogens is 312 g/mol. The molecule has 0 aliphatic carbocycles. The molecule has 1 aliphatic rings. The first-order valence-corrected chi connectivity index (χ1v) is 8.90. The number of piperidine rings is 1. The summed E-state index contributed by atoms with van der Waals surface area (Å²) >= 11 is 0. The van der Waals surface area contributed by atoms with Crippen LogP contribution in [-0.2, 0) is 13.1 Å². The Hall–Kier alpha value is -2.17. The van der Waals surface area contributed by atoms with E-state index in [1.165, 1.54) is 5.56 Å². The van der Waals surface area contributed by atoms with Gasteiger partial charge in [-0.15, -0.1) is 0 Å². The molecule has 2 aromatic carbocycles. The van der Waals surface area contributed by atoms with Gasteiger partial charge in [-0.2, -0.15) is 0 Å². The highest BCUT2D eigenvalue weighted by Crippen LogP contribution is 2.16. The molecule has 1 unspecified atom stereocenters. The third kappa shape index (κ3) is 4.91. The largest absolute Gasteiger partial charge is 0.391 e. The second kappa shape index (κ2) is 8.28. The third-order valence-electron chi connectivity index (χ3n) is 4.61. The SMILES string of the molecule is CN(Cc1ccccc1)Cc1cccc(C(=O)N2CCCC(O)C2)c1. The van der Waals surface area contributed by atoms with E-state index in [1.54, 1.807) is 4.90 Å². The molecule has 1 amide bonds. The Morgan fingerprint density at radius 1 is 1.12 bits per heavy atom. The predicted molar refractivity (Wildman–Crippen MR) is 99.2 cm³/mol. The minimum Gasteiger partial charge on any atom is -0.391 e. The van der Waals surface area contributed by atoms with E-state index >= 15 is 0 Å². The summed E-state index contributed by atoms with van der Waals surface area (Å²) in [5.41, 5.74) is 3.11. The van der Waals surface area contributed by atoms with Crippen molar-refractivity contribution in [2.24, 2.45) is 0 Å². The molecule has 0 aromatic heterocycles. The van der Waals surface area contributed by atoms with Gasteiger partial charge in [0.25, 0.3) is 5.91 Å². The Balaban J connectivity index is 1.63. The number of carbonyl (C=O) groups is 1. The van der Waals surface area contributed by atoms with E-state index in [4.69, 9.17) is 0 Å². The molecule has 1 N–H and O–H groups in total. The Labute approximate surface area is 149 Å². The first-order chi connectivity index (χ1) is 12.1. The summed E-state index contributed by atoms with van der Waals surface area (Å²) in [6.45, 7) is 2.83. The molecule has 4 heteroatoms. The number of rotatable bonds is 5. The quantitative estimate of drug-likeness (QED) is 0.912. The van der Waals surface area contributed by atoms with E-state index < -0.39 is 6.10 Å². The minimum atomic E-state index is -0.391. The molecule has 1 fully saturated rings. The smallest absolute Gasteiger partial charge is 0.253 e. The van der Waals surface area contributed by atoms with Gasteiger partial charge < -0.3 is 10.0 Å². The van der Waals surface area contributed by atoms with Crippen LogP contribution in [0.4, 0.5) is 0 Å². The van der Waals surface area contributed by atoms with Gasteiger partial charge in [-0.25, -0.2) is 0 Å². The average Bonchev–Trinajstić information content (AvgIpc) is 2.62. The number of hydrogen-bond acceptors (Lipinski definition) is 3. The Kier molecular flexibility index (Phi) is 5.84. The number of aliphatic hydroxyl groups excluding tert-OH is 1. The Morgan fingerprint density at radius 3 is 2.60 bits per heavy atom. The number of likely N-dealkylation sites (tertiary alicyclic amines) is 1. The lowest BCUT2D eigenvalue weighted by molar-refractivity contribution is 0.0473. The monoisotopic (exact) mass is 338 g/mol. The van der Waals surface area contributed by atoms with E-state index in [0.29, 0.717) is 12.1 Å². The summed E-state index contributed by atoms with van der Waals surface area (Å²) in [5.74, 6) is 0.0197. The molecule has 0 saturated carbocycles. The molecule has 1 aliphatic heterocycles. The molecule has 0 bridgehead atoms. The van der Waals surface area contributed by atoms with Crippen molar-refractivity contribution in [1.29, 1.82) is 0 Å². The highest BCUT2D eigenvalue weighted by molar-refractivity contribution is 5.94. The fourth-order valence-corrected chi connectivity index (χ4v) is 3.39. The zero-order valence-electron chi connectivity index (χ0n) is 14.8. The molecule has 4 nitrogen and oxygen atoms in total. The molecule has 1 heterocycles. The Bertz CT molecular complexity index is 702. The van der Waals surface area contributed by atoms with Gasteiger partial charge in [0.05, 0.1) is 6.10 Å². The van der Waals surface area contributed by atoms with Gasteiger partial charge in [-0.05, 0) is 43.1 Å². The number of carbonyl (C=O) groups excluding carboxylic acids is 1. The van der Waals surface area contributed by atoms with E-state index in [9.17, 15) is 9.90 Å². The second-order valence-electron chi connectivity index (χ2n) is 6.91. The number of benzene rings is 2. The van der Waals surface area contributed by atoms with Crippen LogP contribution in [0.2, 0.25) is 0 Å². The predicted octanol–water partition coefficient (Wildman–Crippen LogP) is 2.92. The van der Waals surface area contributed by atoms with Gasteiger partial charge in [0.1, 0.15) is 0 Å². The summed E-state index contributed by atoms with van der Waals surface area (Å²) in [5, 5.41) is 9.79. The average molecular weight is 338 g/mol. The molecule has 1 saturated heterocycles. The molecule has 132 valence electrons. The molecule has 1 atom stereocenters. The molecular formula is C21H26N2O2. The van der Waals surface area contributed by atoms with E-state index in [0.717, 1.165) is 38.0 Å².